The summed E-state index contributed by atoms with van der Waals surface area (Å²) in [7, 11) is 0. The minimum atomic E-state index is -0.245. The maximum absolute atomic E-state index is 12.0. The number of amides is 1. The highest BCUT2D eigenvalue weighted by Gasteiger charge is 2.06. The van der Waals surface area contributed by atoms with Crippen molar-refractivity contribution in [2.75, 3.05) is 18.5 Å². The predicted molar refractivity (Wildman–Crippen MR) is 96.1 cm³/mol. The highest BCUT2D eigenvalue weighted by molar-refractivity contribution is 6.02. The standard InChI is InChI=1S/C20H18N2O3/c23-20(19-8-4-5-13-21-19)22-16-9-11-18(12-10-16)25-15-14-24-17-6-2-1-3-7-17/h1-13H,14-15H2,(H,22,23). The van der Waals surface area contributed by atoms with E-state index in [1.807, 2.05) is 30.3 Å². The molecule has 0 saturated heterocycles. The first-order valence-corrected chi connectivity index (χ1v) is 7.94. The van der Waals surface area contributed by atoms with E-state index in [0.29, 0.717) is 30.3 Å². The summed E-state index contributed by atoms with van der Waals surface area (Å²) >= 11 is 0. The smallest absolute Gasteiger partial charge is 0.274 e. The molecule has 3 aromatic rings. The molecule has 25 heavy (non-hydrogen) atoms. The van der Waals surface area contributed by atoms with Crippen molar-refractivity contribution in [3.63, 3.8) is 0 Å². The third kappa shape index (κ3) is 5.07. The van der Waals surface area contributed by atoms with Crippen molar-refractivity contribution in [1.82, 2.24) is 4.98 Å². The molecule has 0 spiro atoms. The van der Waals surface area contributed by atoms with Crippen LogP contribution in [0.4, 0.5) is 5.69 Å². The molecule has 0 aliphatic rings. The monoisotopic (exact) mass is 334 g/mol. The summed E-state index contributed by atoms with van der Waals surface area (Å²) in [5.74, 6) is 1.29. The molecular formula is C20H18N2O3. The van der Waals surface area contributed by atoms with Crippen molar-refractivity contribution in [3.05, 3.63) is 84.7 Å². The van der Waals surface area contributed by atoms with E-state index < -0.39 is 0 Å². The zero-order valence-electron chi connectivity index (χ0n) is 13.6. The van der Waals surface area contributed by atoms with E-state index in [-0.39, 0.29) is 5.91 Å². The van der Waals surface area contributed by atoms with Crippen LogP contribution in [0.5, 0.6) is 11.5 Å². The summed E-state index contributed by atoms with van der Waals surface area (Å²) in [6, 6.07) is 22.0. The summed E-state index contributed by atoms with van der Waals surface area (Å²) in [5, 5.41) is 2.79. The van der Waals surface area contributed by atoms with Gasteiger partial charge in [-0.25, -0.2) is 0 Å². The SMILES string of the molecule is O=C(Nc1ccc(OCCOc2ccccc2)cc1)c1ccccn1. The van der Waals surface area contributed by atoms with Crippen LogP contribution < -0.4 is 14.8 Å². The summed E-state index contributed by atoms with van der Waals surface area (Å²) in [5.41, 5.74) is 1.06. The van der Waals surface area contributed by atoms with Crippen LogP contribution in [0.25, 0.3) is 0 Å². The molecule has 0 fully saturated rings. The van der Waals surface area contributed by atoms with Crippen molar-refractivity contribution < 1.29 is 14.3 Å². The van der Waals surface area contributed by atoms with Crippen molar-refractivity contribution in [1.29, 1.82) is 0 Å². The Morgan fingerprint density at radius 2 is 1.44 bits per heavy atom. The van der Waals surface area contributed by atoms with Crippen molar-refractivity contribution in [2.45, 2.75) is 0 Å². The zero-order valence-corrected chi connectivity index (χ0v) is 13.6. The molecular weight excluding hydrogens is 316 g/mol. The van der Waals surface area contributed by atoms with Gasteiger partial charge in [0.1, 0.15) is 30.4 Å². The number of anilines is 1. The molecule has 1 aromatic heterocycles. The molecule has 0 unspecified atom stereocenters. The van der Waals surface area contributed by atoms with E-state index in [1.54, 1.807) is 48.7 Å². The zero-order chi connectivity index (χ0) is 17.3. The molecule has 1 amide bonds. The normalized spacial score (nSPS) is 10.1. The van der Waals surface area contributed by atoms with E-state index >= 15 is 0 Å². The van der Waals surface area contributed by atoms with Gasteiger partial charge in [0.05, 0.1) is 0 Å². The molecule has 3 rings (SSSR count). The Morgan fingerprint density at radius 3 is 2.08 bits per heavy atom. The molecule has 5 nitrogen and oxygen atoms in total. The summed E-state index contributed by atoms with van der Waals surface area (Å²) < 4.78 is 11.2. The molecule has 1 heterocycles. The molecule has 0 bridgehead atoms. The highest BCUT2D eigenvalue weighted by Crippen LogP contribution is 2.16. The number of nitrogens with zero attached hydrogens (tertiary/aromatic N) is 1. The summed E-state index contributed by atoms with van der Waals surface area (Å²) in [6.07, 6.45) is 1.59. The van der Waals surface area contributed by atoms with Crippen molar-refractivity contribution >= 4 is 11.6 Å². The quantitative estimate of drug-likeness (QED) is 0.668. The van der Waals surface area contributed by atoms with Gasteiger partial charge in [-0.05, 0) is 48.5 Å². The Morgan fingerprint density at radius 1 is 0.800 bits per heavy atom. The number of para-hydroxylation sites is 1. The number of pyridine rings is 1. The van der Waals surface area contributed by atoms with Crippen LogP contribution in [0.15, 0.2) is 79.0 Å². The predicted octanol–water partition coefficient (Wildman–Crippen LogP) is 3.79. The van der Waals surface area contributed by atoms with E-state index in [0.717, 1.165) is 5.75 Å². The van der Waals surface area contributed by atoms with Crippen molar-refractivity contribution in [2.24, 2.45) is 0 Å². The Hall–Kier alpha value is -3.34. The van der Waals surface area contributed by atoms with Gasteiger partial charge in [-0.2, -0.15) is 0 Å². The van der Waals surface area contributed by atoms with Gasteiger partial charge < -0.3 is 14.8 Å². The molecule has 0 aliphatic carbocycles. The number of ether oxygens (including phenoxy) is 2. The Balaban J connectivity index is 1.45. The molecule has 0 saturated carbocycles. The summed E-state index contributed by atoms with van der Waals surface area (Å²) in [4.78, 5) is 16.0. The number of hydrogen-bond donors (Lipinski definition) is 1. The second-order valence-electron chi connectivity index (χ2n) is 5.20. The topological polar surface area (TPSA) is 60.5 Å². The average molecular weight is 334 g/mol. The third-order valence-corrected chi connectivity index (χ3v) is 3.37. The van der Waals surface area contributed by atoms with Crippen LogP contribution in [0, 0.1) is 0 Å². The Bertz CT molecular complexity index is 790. The minimum Gasteiger partial charge on any atom is -0.490 e. The van der Waals surface area contributed by atoms with Crippen LogP contribution in [0.1, 0.15) is 10.5 Å². The van der Waals surface area contributed by atoms with Gasteiger partial charge in [-0.3, -0.25) is 9.78 Å². The lowest BCUT2D eigenvalue weighted by Gasteiger charge is -2.09. The van der Waals surface area contributed by atoms with Crippen LogP contribution in [0.3, 0.4) is 0 Å². The van der Waals surface area contributed by atoms with Gasteiger partial charge >= 0.3 is 0 Å². The first-order valence-electron chi connectivity index (χ1n) is 7.94. The van der Waals surface area contributed by atoms with Crippen LogP contribution in [-0.2, 0) is 0 Å². The van der Waals surface area contributed by atoms with Gasteiger partial charge in [0, 0.05) is 11.9 Å². The largest absolute Gasteiger partial charge is 0.490 e. The van der Waals surface area contributed by atoms with Crippen LogP contribution >= 0.6 is 0 Å². The number of benzene rings is 2. The second-order valence-corrected chi connectivity index (χ2v) is 5.20. The van der Waals surface area contributed by atoms with E-state index in [9.17, 15) is 4.79 Å². The second kappa shape index (κ2) is 8.49. The molecule has 2 aromatic carbocycles. The molecule has 0 aliphatic heterocycles. The van der Waals surface area contributed by atoms with Gasteiger partial charge in [0.15, 0.2) is 0 Å². The van der Waals surface area contributed by atoms with Crippen LogP contribution in [0.2, 0.25) is 0 Å². The summed E-state index contributed by atoms with van der Waals surface area (Å²) in [6.45, 7) is 0.900. The van der Waals surface area contributed by atoms with E-state index in [2.05, 4.69) is 10.3 Å². The van der Waals surface area contributed by atoms with Gasteiger partial charge in [0.25, 0.3) is 5.91 Å². The third-order valence-electron chi connectivity index (χ3n) is 3.37. The Labute approximate surface area is 146 Å². The first kappa shape index (κ1) is 16.5. The molecule has 0 radical (unpaired) electrons. The highest BCUT2D eigenvalue weighted by atomic mass is 16.5. The van der Waals surface area contributed by atoms with Crippen molar-refractivity contribution in [3.8, 4) is 11.5 Å². The number of hydrogen-bond acceptors (Lipinski definition) is 4. The molecule has 0 atom stereocenters. The minimum absolute atomic E-state index is 0.245. The molecule has 1 N–H and O–H groups in total. The van der Waals surface area contributed by atoms with Gasteiger partial charge in [-0.15, -0.1) is 0 Å². The van der Waals surface area contributed by atoms with Gasteiger partial charge in [-0.1, -0.05) is 24.3 Å². The maximum Gasteiger partial charge on any atom is 0.274 e. The van der Waals surface area contributed by atoms with E-state index in [4.69, 9.17) is 9.47 Å². The van der Waals surface area contributed by atoms with E-state index in [1.165, 1.54) is 0 Å². The average Bonchev–Trinajstić information content (AvgIpc) is 2.68. The fraction of sp³-hybridized carbons (Fsp3) is 0.100. The number of rotatable bonds is 7. The molecule has 5 heteroatoms. The fourth-order valence-corrected chi connectivity index (χ4v) is 2.16. The number of aromatic nitrogens is 1. The maximum atomic E-state index is 12.0. The number of carbonyl (C=O) groups is 1. The van der Waals surface area contributed by atoms with Crippen LogP contribution in [-0.4, -0.2) is 24.1 Å². The number of carbonyl (C=O) groups excluding carboxylic acids is 1. The molecule has 126 valence electrons. The lowest BCUT2D eigenvalue weighted by Crippen LogP contribution is -2.13. The fourth-order valence-electron chi connectivity index (χ4n) is 2.16. The lowest BCUT2D eigenvalue weighted by molar-refractivity contribution is 0.102. The lowest BCUT2D eigenvalue weighted by atomic mass is 10.3. The van der Waals surface area contributed by atoms with Gasteiger partial charge in [0.2, 0.25) is 0 Å². The first-order chi connectivity index (χ1) is 12.3. The Kier molecular flexibility index (Phi) is 5.61. The number of nitrogens with one attached hydrogen (secondary N) is 1.